The average molecular weight is 483 g/mol. The minimum absolute atomic E-state index is 0.230. The smallest absolute Gasteiger partial charge is 0.00783 e. The summed E-state index contributed by atoms with van der Waals surface area (Å²) in [4.78, 5) is 0. The summed E-state index contributed by atoms with van der Waals surface area (Å²) in [6.07, 6.45) is 14.4. The SMILES string of the molecule is Cc1cccc(C)c1-c1cccc(-c2c(C)cccc2C)c1P(C1CCCCC1)C1CCCCC1. The molecule has 0 saturated heterocycles. The zero-order valence-corrected chi connectivity index (χ0v) is 23.3. The molecule has 0 aromatic heterocycles. The normalized spacial score (nSPS) is 17.7. The Kier molecular flexibility index (Phi) is 7.79. The van der Waals surface area contributed by atoms with Crippen LogP contribution in [-0.4, -0.2) is 11.3 Å². The molecular weight excluding hydrogens is 439 g/mol. The molecule has 2 saturated carbocycles. The van der Waals surface area contributed by atoms with Crippen molar-refractivity contribution in [3.05, 3.63) is 76.9 Å². The third-order valence-electron chi connectivity index (χ3n) is 8.73. The van der Waals surface area contributed by atoms with E-state index in [1.807, 2.05) is 0 Å². The Morgan fingerprint density at radius 1 is 0.486 bits per heavy atom. The molecule has 184 valence electrons. The van der Waals surface area contributed by atoms with Gasteiger partial charge in [-0.05, 0) is 115 Å². The summed E-state index contributed by atoms with van der Waals surface area (Å²) >= 11 is 0. The van der Waals surface area contributed by atoms with Crippen molar-refractivity contribution in [2.75, 3.05) is 0 Å². The number of benzene rings is 3. The molecule has 3 aromatic rings. The molecule has 35 heavy (non-hydrogen) atoms. The minimum atomic E-state index is -0.230. The summed E-state index contributed by atoms with van der Waals surface area (Å²) in [6.45, 7) is 9.28. The highest BCUT2D eigenvalue weighted by Gasteiger charge is 2.36. The largest absolute Gasteiger partial charge is 0.0676 e. The van der Waals surface area contributed by atoms with E-state index in [1.165, 1.54) is 97.6 Å². The van der Waals surface area contributed by atoms with Gasteiger partial charge in [-0.2, -0.15) is 0 Å². The Morgan fingerprint density at radius 2 is 0.829 bits per heavy atom. The molecule has 1 heteroatoms. The first-order chi connectivity index (χ1) is 17.1. The van der Waals surface area contributed by atoms with Crippen LogP contribution in [0.3, 0.4) is 0 Å². The second kappa shape index (κ2) is 11.0. The standard InChI is InChI=1S/C34H43P/c1-24-14-11-15-25(2)32(24)30-22-13-23-31(33-26(3)16-12-17-27(33)4)34(30)35(28-18-7-5-8-19-28)29-20-9-6-10-21-29/h11-17,22-23,28-29H,5-10,18-21H2,1-4H3. The summed E-state index contributed by atoms with van der Waals surface area (Å²) in [6, 6.07) is 21.0. The zero-order chi connectivity index (χ0) is 24.4. The molecule has 0 atom stereocenters. The molecule has 0 aliphatic heterocycles. The molecule has 5 rings (SSSR count). The van der Waals surface area contributed by atoms with E-state index in [0.29, 0.717) is 0 Å². The molecule has 2 aliphatic carbocycles. The van der Waals surface area contributed by atoms with Crippen LogP contribution in [0.25, 0.3) is 22.3 Å². The van der Waals surface area contributed by atoms with Crippen molar-refractivity contribution >= 4 is 13.2 Å². The summed E-state index contributed by atoms with van der Waals surface area (Å²) in [7, 11) is -0.230. The molecule has 0 radical (unpaired) electrons. The highest BCUT2D eigenvalue weighted by molar-refractivity contribution is 7.67. The molecule has 0 spiro atoms. The van der Waals surface area contributed by atoms with Gasteiger partial charge in [-0.1, -0.05) is 101 Å². The van der Waals surface area contributed by atoms with E-state index in [2.05, 4.69) is 82.3 Å². The van der Waals surface area contributed by atoms with Crippen LogP contribution in [0.4, 0.5) is 0 Å². The van der Waals surface area contributed by atoms with Gasteiger partial charge in [0.25, 0.3) is 0 Å². The fraction of sp³-hybridized carbons (Fsp3) is 0.471. The number of rotatable bonds is 5. The molecular formula is C34H43P. The lowest BCUT2D eigenvalue weighted by Gasteiger charge is -2.41. The van der Waals surface area contributed by atoms with Gasteiger partial charge in [-0.25, -0.2) is 0 Å². The van der Waals surface area contributed by atoms with E-state index in [-0.39, 0.29) is 7.92 Å². The Labute approximate surface area is 215 Å². The first kappa shape index (κ1) is 24.8. The van der Waals surface area contributed by atoms with Crippen molar-refractivity contribution < 1.29 is 0 Å². The third kappa shape index (κ3) is 5.02. The predicted octanol–water partition coefficient (Wildman–Crippen LogP) is 10.0. The first-order valence-corrected chi connectivity index (χ1v) is 15.6. The van der Waals surface area contributed by atoms with E-state index in [1.54, 1.807) is 16.4 Å². The Hall–Kier alpha value is -1.91. The quantitative estimate of drug-likeness (QED) is 0.317. The summed E-state index contributed by atoms with van der Waals surface area (Å²) in [5.41, 5.74) is 13.5. The second-order valence-corrected chi connectivity index (χ2v) is 13.9. The van der Waals surface area contributed by atoms with Crippen molar-refractivity contribution in [1.82, 2.24) is 0 Å². The predicted molar refractivity (Wildman–Crippen MR) is 157 cm³/mol. The van der Waals surface area contributed by atoms with Gasteiger partial charge in [0.05, 0.1) is 0 Å². The fourth-order valence-corrected chi connectivity index (χ4v) is 11.2. The van der Waals surface area contributed by atoms with Gasteiger partial charge in [0.2, 0.25) is 0 Å². The van der Waals surface area contributed by atoms with Gasteiger partial charge in [-0.15, -0.1) is 0 Å². The van der Waals surface area contributed by atoms with Crippen molar-refractivity contribution in [3.63, 3.8) is 0 Å². The van der Waals surface area contributed by atoms with Gasteiger partial charge in [0, 0.05) is 0 Å². The van der Waals surface area contributed by atoms with Crippen LogP contribution in [0.2, 0.25) is 0 Å². The molecule has 0 unspecified atom stereocenters. The maximum atomic E-state index is 2.47. The molecule has 0 nitrogen and oxygen atoms in total. The van der Waals surface area contributed by atoms with Crippen LogP contribution in [0, 0.1) is 27.7 Å². The highest BCUT2D eigenvalue weighted by atomic mass is 31.1. The van der Waals surface area contributed by atoms with Crippen molar-refractivity contribution in [3.8, 4) is 22.3 Å². The van der Waals surface area contributed by atoms with Crippen LogP contribution in [0.1, 0.15) is 86.5 Å². The lowest BCUT2D eigenvalue weighted by Crippen LogP contribution is -2.28. The minimum Gasteiger partial charge on any atom is -0.0676 e. The second-order valence-electron chi connectivity index (χ2n) is 11.2. The lowest BCUT2D eigenvalue weighted by atomic mass is 9.90. The van der Waals surface area contributed by atoms with Crippen molar-refractivity contribution in [2.24, 2.45) is 0 Å². The fourth-order valence-electron chi connectivity index (χ4n) is 7.09. The Bertz CT molecular complexity index is 1030. The highest BCUT2D eigenvalue weighted by Crippen LogP contribution is 2.58. The van der Waals surface area contributed by atoms with E-state index in [4.69, 9.17) is 0 Å². The van der Waals surface area contributed by atoms with Gasteiger partial charge in [0.1, 0.15) is 0 Å². The lowest BCUT2D eigenvalue weighted by molar-refractivity contribution is 0.487. The maximum Gasteiger partial charge on any atom is -0.00783 e. The monoisotopic (exact) mass is 482 g/mol. The summed E-state index contributed by atoms with van der Waals surface area (Å²) in [5.74, 6) is 0. The first-order valence-electron chi connectivity index (χ1n) is 14.1. The third-order valence-corrected chi connectivity index (χ3v) is 12.3. The van der Waals surface area contributed by atoms with Crippen molar-refractivity contribution in [1.29, 1.82) is 0 Å². The molecule has 2 fully saturated rings. The Morgan fingerprint density at radius 3 is 1.20 bits per heavy atom. The molecule has 0 heterocycles. The average Bonchev–Trinajstić information content (AvgIpc) is 2.86. The topological polar surface area (TPSA) is 0 Å². The van der Waals surface area contributed by atoms with Crippen LogP contribution in [0.5, 0.6) is 0 Å². The van der Waals surface area contributed by atoms with E-state index >= 15 is 0 Å². The maximum absolute atomic E-state index is 2.47. The summed E-state index contributed by atoms with van der Waals surface area (Å²) < 4.78 is 0. The van der Waals surface area contributed by atoms with Crippen LogP contribution >= 0.6 is 7.92 Å². The number of hydrogen-bond donors (Lipinski definition) is 0. The van der Waals surface area contributed by atoms with Gasteiger partial charge in [0.15, 0.2) is 0 Å². The van der Waals surface area contributed by atoms with Crippen LogP contribution in [0.15, 0.2) is 54.6 Å². The van der Waals surface area contributed by atoms with Gasteiger partial charge < -0.3 is 0 Å². The molecule has 0 bridgehead atoms. The molecule has 3 aromatic carbocycles. The van der Waals surface area contributed by atoms with Crippen LogP contribution in [-0.2, 0) is 0 Å². The van der Waals surface area contributed by atoms with Crippen LogP contribution < -0.4 is 5.30 Å². The zero-order valence-electron chi connectivity index (χ0n) is 22.4. The van der Waals surface area contributed by atoms with Gasteiger partial charge in [-0.3, -0.25) is 0 Å². The van der Waals surface area contributed by atoms with Crippen molar-refractivity contribution in [2.45, 2.75) is 103 Å². The summed E-state index contributed by atoms with van der Waals surface area (Å²) in [5, 5.41) is 1.75. The van der Waals surface area contributed by atoms with E-state index < -0.39 is 0 Å². The molecule has 2 aliphatic rings. The van der Waals surface area contributed by atoms with Gasteiger partial charge >= 0.3 is 0 Å². The van der Waals surface area contributed by atoms with E-state index in [9.17, 15) is 0 Å². The number of aryl methyl sites for hydroxylation is 4. The Balaban J connectivity index is 1.81. The van der Waals surface area contributed by atoms with E-state index in [0.717, 1.165) is 11.3 Å². The molecule has 0 amide bonds. The number of hydrogen-bond acceptors (Lipinski definition) is 0. The molecule has 0 N–H and O–H groups in total.